The Hall–Kier alpha value is -1.35. The number of hydrogen-bond donors (Lipinski definition) is 1. The minimum absolute atomic E-state index is 0.0400. The van der Waals surface area contributed by atoms with Crippen molar-refractivity contribution in [2.24, 2.45) is 5.73 Å². The predicted molar refractivity (Wildman–Crippen MR) is 55.5 cm³/mol. The molecule has 0 saturated heterocycles. The van der Waals surface area contributed by atoms with Gasteiger partial charge in [0.25, 0.3) is 0 Å². The van der Waals surface area contributed by atoms with E-state index in [0.717, 1.165) is 11.3 Å². The van der Waals surface area contributed by atoms with Crippen LogP contribution >= 0.6 is 0 Å². The zero-order valence-electron chi connectivity index (χ0n) is 8.49. The number of hydrogen-bond acceptors (Lipinski definition) is 3. The maximum Gasteiger partial charge on any atom is 0.153 e. The number of Topliss-reactive ketones (excluding diaryl/α,β-unsaturated/α-hetero) is 1. The van der Waals surface area contributed by atoms with Gasteiger partial charge in [-0.25, -0.2) is 0 Å². The van der Waals surface area contributed by atoms with Crippen molar-refractivity contribution in [3.63, 3.8) is 0 Å². The van der Waals surface area contributed by atoms with Crippen LogP contribution in [0.25, 0.3) is 0 Å². The van der Waals surface area contributed by atoms with Crippen LogP contribution in [0.4, 0.5) is 0 Å². The van der Waals surface area contributed by atoms with E-state index >= 15 is 0 Å². The fraction of sp³-hybridized carbons (Fsp3) is 0.364. The third-order valence-electron chi connectivity index (χ3n) is 2.28. The monoisotopic (exact) mass is 193 g/mol. The summed E-state index contributed by atoms with van der Waals surface area (Å²) in [6.07, 6.45) is 0. The van der Waals surface area contributed by atoms with E-state index < -0.39 is 0 Å². The molecule has 3 nitrogen and oxygen atoms in total. The Kier molecular flexibility index (Phi) is 3.65. The summed E-state index contributed by atoms with van der Waals surface area (Å²) in [6, 6.07) is 7.48. The SMILES string of the molecule is COc1cccc(C(C)C(=O)CN)c1. The van der Waals surface area contributed by atoms with Gasteiger partial charge < -0.3 is 10.5 Å². The van der Waals surface area contributed by atoms with E-state index in [9.17, 15) is 4.79 Å². The molecule has 0 bridgehead atoms. The average Bonchev–Trinajstić information content (AvgIpc) is 2.27. The van der Waals surface area contributed by atoms with Crippen molar-refractivity contribution in [1.82, 2.24) is 0 Å². The van der Waals surface area contributed by atoms with Gasteiger partial charge in [-0.3, -0.25) is 4.79 Å². The molecule has 1 aromatic carbocycles. The third-order valence-corrected chi connectivity index (χ3v) is 2.28. The first-order chi connectivity index (χ1) is 6.69. The Morgan fingerprint density at radius 1 is 1.57 bits per heavy atom. The zero-order chi connectivity index (χ0) is 10.6. The number of carbonyl (C=O) groups excluding carboxylic acids is 1. The Labute approximate surface area is 83.9 Å². The van der Waals surface area contributed by atoms with Crippen LogP contribution in [-0.2, 0) is 4.79 Å². The van der Waals surface area contributed by atoms with Gasteiger partial charge in [0.15, 0.2) is 5.78 Å². The quantitative estimate of drug-likeness (QED) is 0.784. The van der Waals surface area contributed by atoms with Crippen molar-refractivity contribution in [3.05, 3.63) is 29.8 Å². The lowest BCUT2D eigenvalue weighted by atomic mass is 9.97. The molecular formula is C11H15NO2. The molecule has 14 heavy (non-hydrogen) atoms. The van der Waals surface area contributed by atoms with E-state index in [4.69, 9.17) is 10.5 Å². The third kappa shape index (κ3) is 2.33. The second-order valence-electron chi connectivity index (χ2n) is 3.17. The van der Waals surface area contributed by atoms with E-state index in [-0.39, 0.29) is 18.2 Å². The second kappa shape index (κ2) is 4.77. The van der Waals surface area contributed by atoms with Crippen LogP contribution in [0.3, 0.4) is 0 Å². The largest absolute Gasteiger partial charge is 0.497 e. The molecule has 1 atom stereocenters. The molecule has 2 N–H and O–H groups in total. The van der Waals surface area contributed by atoms with Gasteiger partial charge in [-0.1, -0.05) is 19.1 Å². The van der Waals surface area contributed by atoms with Gasteiger partial charge in [0.05, 0.1) is 13.7 Å². The van der Waals surface area contributed by atoms with Crippen molar-refractivity contribution in [3.8, 4) is 5.75 Å². The highest BCUT2D eigenvalue weighted by Gasteiger charge is 2.13. The second-order valence-corrected chi connectivity index (χ2v) is 3.17. The summed E-state index contributed by atoms with van der Waals surface area (Å²) in [5.74, 6) is 0.646. The van der Waals surface area contributed by atoms with E-state index in [0.29, 0.717) is 0 Å². The molecule has 1 unspecified atom stereocenters. The molecule has 0 aromatic heterocycles. The molecule has 0 spiro atoms. The highest BCUT2D eigenvalue weighted by Crippen LogP contribution is 2.20. The van der Waals surface area contributed by atoms with Gasteiger partial charge in [-0.2, -0.15) is 0 Å². The average molecular weight is 193 g/mol. The van der Waals surface area contributed by atoms with E-state index in [1.807, 2.05) is 31.2 Å². The molecule has 0 radical (unpaired) electrons. The molecule has 0 saturated carbocycles. The molecule has 3 heteroatoms. The van der Waals surface area contributed by atoms with Gasteiger partial charge in [-0.05, 0) is 17.7 Å². The molecule has 1 aromatic rings. The Morgan fingerprint density at radius 3 is 2.86 bits per heavy atom. The number of methoxy groups -OCH3 is 1. The first-order valence-electron chi connectivity index (χ1n) is 4.55. The molecule has 0 amide bonds. The molecule has 0 fully saturated rings. The minimum Gasteiger partial charge on any atom is -0.497 e. The highest BCUT2D eigenvalue weighted by atomic mass is 16.5. The van der Waals surface area contributed by atoms with Gasteiger partial charge in [0.1, 0.15) is 5.75 Å². The molecule has 0 aliphatic rings. The fourth-order valence-corrected chi connectivity index (χ4v) is 1.27. The smallest absolute Gasteiger partial charge is 0.153 e. The maximum absolute atomic E-state index is 11.3. The highest BCUT2D eigenvalue weighted by molar-refractivity contribution is 5.86. The predicted octanol–water partition coefficient (Wildman–Crippen LogP) is 1.33. The van der Waals surface area contributed by atoms with E-state index in [1.54, 1.807) is 7.11 Å². The summed E-state index contributed by atoms with van der Waals surface area (Å²) < 4.78 is 5.08. The van der Waals surface area contributed by atoms with Crippen LogP contribution in [0.15, 0.2) is 24.3 Å². The standard InChI is InChI=1S/C11H15NO2/c1-8(11(13)7-12)9-4-3-5-10(6-9)14-2/h3-6,8H,7,12H2,1-2H3. The topological polar surface area (TPSA) is 52.3 Å². The summed E-state index contributed by atoms with van der Waals surface area (Å²) in [4.78, 5) is 11.3. The number of ketones is 1. The van der Waals surface area contributed by atoms with E-state index in [2.05, 4.69) is 0 Å². The summed E-state index contributed by atoms with van der Waals surface area (Å²) in [7, 11) is 1.61. The van der Waals surface area contributed by atoms with Crippen molar-refractivity contribution in [2.45, 2.75) is 12.8 Å². The van der Waals surface area contributed by atoms with Gasteiger partial charge in [0.2, 0.25) is 0 Å². The van der Waals surface area contributed by atoms with Gasteiger partial charge in [0, 0.05) is 5.92 Å². The van der Waals surface area contributed by atoms with Crippen LogP contribution in [0, 0.1) is 0 Å². The Bertz CT molecular complexity index is 323. The summed E-state index contributed by atoms with van der Waals surface area (Å²) in [6.45, 7) is 1.93. The van der Waals surface area contributed by atoms with Gasteiger partial charge >= 0.3 is 0 Å². The van der Waals surface area contributed by atoms with Crippen LogP contribution in [0.2, 0.25) is 0 Å². The lowest BCUT2D eigenvalue weighted by Crippen LogP contribution is -2.19. The fourth-order valence-electron chi connectivity index (χ4n) is 1.27. The molecule has 1 rings (SSSR count). The van der Waals surface area contributed by atoms with Crippen molar-refractivity contribution >= 4 is 5.78 Å². The normalized spacial score (nSPS) is 12.2. The molecule has 0 aliphatic carbocycles. The summed E-state index contributed by atoms with van der Waals surface area (Å²) in [5.41, 5.74) is 6.24. The zero-order valence-corrected chi connectivity index (χ0v) is 8.49. The first kappa shape index (κ1) is 10.7. The first-order valence-corrected chi connectivity index (χ1v) is 4.55. The lowest BCUT2D eigenvalue weighted by molar-refractivity contribution is -0.118. The maximum atomic E-state index is 11.3. The van der Waals surface area contributed by atoms with Crippen LogP contribution in [0.1, 0.15) is 18.4 Å². The van der Waals surface area contributed by atoms with Crippen molar-refractivity contribution in [1.29, 1.82) is 0 Å². The Morgan fingerprint density at radius 2 is 2.29 bits per heavy atom. The summed E-state index contributed by atoms with van der Waals surface area (Å²) in [5, 5.41) is 0. The number of nitrogens with two attached hydrogens (primary N) is 1. The Balaban J connectivity index is 2.89. The lowest BCUT2D eigenvalue weighted by Gasteiger charge is -2.10. The van der Waals surface area contributed by atoms with Crippen LogP contribution < -0.4 is 10.5 Å². The van der Waals surface area contributed by atoms with Gasteiger partial charge in [-0.15, -0.1) is 0 Å². The van der Waals surface area contributed by atoms with Crippen LogP contribution in [-0.4, -0.2) is 19.4 Å². The number of carbonyl (C=O) groups is 1. The number of ether oxygens (including phenoxy) is 1. The minimum atomic E-state index is -0.157. The number of rotatable bonds is 4. The molecular weight excluding hydrogens is 178 g/mol. The summed E-state index contributed by atoms with van der Waals surface area (Å²) >= 11 is 0. The molecule has 0 heterocycles. The number of benzene rings is 1. The molecule has 76 valence electrons. The van der Waals surface area contributed by atoms with E-state index in [1.165, 1.54) is 0 Å². The van der Waals surface area contributed by atoms with Crippen molar-refractivity contribution in [2.75, 3.05) is 13.7 Å². The molecule has 0 aliphatic heterocycles. The van der Waals surface area contributed by atoms with Crippen molar-refractivity contribution < 1.29 is 9.53 Å². The van der Waals surface area contributed by atoms with Crippen LogP contribution in [0.5, 0.6) is 5.75 Å².